The number of rotatable bonds is 7. The highest BCUT2D eigenvalue weighted by Gasteiger charge is 2.17. The lowest BCUT2D eigenvalue weighted by molar-refractivity contribution is -0.121. The lowest BCUT2D eigenvalue weighted by Crippen LogP contribution is -2.34. The zero-order valence-corrected chi connectivity index (χ0v) is 19.6. The Morgan fingerprint density at radius 1 is 1.06 bits per heavy atom. The lowest BCUT2D eigenvalue weighted by Gasteiger charge is -2.13. The first kappa shape index (κ1) is 22.1. The number of fused-ring (bicyclic) bond motifs is 3. The van der Waals surface area contributed by atoms with E-state index in [9.17, 15) is 9.59 Å². The second-order valence-electron chi connectivity index (χ2n) is 9.11. The Balaban J connectivity index is 1.44. The second-order valence-corrected chi connectivity index (χ2v) is 9.11. The number of hydrogen-bond donors (Lipinski definition) is 1. The largest absolute Gasteiger partial charge is 0.354 e. The van der Waals surface area contributed by atoms with E-state index < -0.39 is 0 Å². The van der Waals surface area contributed by atoms with Gasteiger partial charge in [-0.2, -0.15) is 5.10 Å². The Hall–Kier alpha value is -3.67. The first-order chi connectivity index (χ1) is 16.6. The summed E-state index contributed by atoms with van der Waals surface area (Å²) in [4.78, 5) is 26.1. The molecule has 1 aliphatic rings. The number of benzene rings is 2. The molecule has 5 rings (SSSR count). The number of para-hydroxylation sites is 1. The van der Waals surface area contributed by atoms with E-state index in [1.807, 2.05) is 36.4 Å². The highest BCUT2D eigenvalue weighted by molar-refractivity contribution is 6.07. The second kappa shape index (κ2) is 9.67. The van der Waals surface area contributed by atoms with Crippen molar-refractivity contribution >= 4 is 27.7 Å². The quantitative estimate of drug-likeness (QED) is 0.411. The van der Waals surface area contributed by atoms with Gasteiger partial charge >= 0.3 is 0 Å². The molecule has 4 aromatic rings. The number of nitrogens with zero attached hydrogens (tertiary/aromatic N) is 3. The van der Waals surface area contributed by atoms with Gasteiger partial charge in [0.25, 0.3) is 5.56 Å². The maximum atomic E-state index is 13.5. The molecule has 1 aliphatic carbocycles. The van der Waals surface area contributed by atoms with Crippen LogP contribution >= 0.6 is 0 Å². The number of hydrogen-bond acceptors (Lipinski definition) is 3. The van der Waals surface area contributed by atoms with E-state index in [-0.39, 0.29) is 18.0 Å². The van der Waals surface area contributed by atoms with Crippen LogP contribution in [-0.2, 0) is 17.9 Å². The molecule has 2 aromatic carbocycles. The molecule has 6 nitrogen and oxygen atoms in total. The van der Waals surface area contributed by atoms with Gasteiger partial charge in [0.1, 0.15) is 12.1 Å². The summed E-state index contributed by atoms with van der Waals surface area (Å²) in [5, 5.41) is 9.12. The summed E-state index contributed by atoms with van der Waals surface area (Å²) in [7, 11) is 0. The molecule has 0 aliphatic heterocycles. The number of aryl methyl sites for hydroxylation is 1. The van der Waals surface area contributed by atoms with Crippen molar-refractivity contribution in [1.82, 2.24) is 19.7 Å². The molecule has 174 valence electrons. The predicted molar refractivity (Wildman–Crippen MR) is 136 cm³/mol. The van der Waals surface area contributed by atoms with Gasteiger partial charge < -0.3 is 9.88 Å². The number of aromatic nitrogens is 3. The minimum absolute atomic E-state index is 0.0836. The van der Waals surface area contributed by atoms with Gasteiger partial charge in [0, 0.05) is 29.4 Å². The van der Waals surface area contributed by atoms with Gasteiger partial charge in [0.05, 0.1) is 6.20 Å². The summed E-state index contributed by atoms with van der Waals surface area (Å²) in [6.45, 7) is 3.17. The van der Waals surface area contributed by atoms with Crippen molar-refractivity contribution in [3.05, 3.63) is 87.9 Å². The van der Waals surface area contributed by atoms with Crippen molar-refractivity contribution < 1.29 is 4.79 Å². The fourth-order valence-electron chi connectivity index (χ4n) is 4.91. The zero-order chi connectivity index (χ0) is 23.5. The van der Waals surface area contributed by atoms with Crippen LogP contribution in [0.5, 0.6) is 0 Å². The highest BCUT2D eigenvalue weighted by Crippen LogP contribution is 2.27. The Morgan fingerprint density at radius 3 is 2.71 bits per heavy atom. The third kappa shape index (κ3) is 4.40. The predicted octanol–water partition coefficient (Wildman–Crippen LogP) is 4.71. The van der Waals surface area contributed by atoms with Gasteiger partial charge in [0.15, 0.2) is 0 Å². The first-order valence-corrected chi connectivity index (χ1v) is 12.1. The SMILES string of the molecule is Cc1ccccc1Cn1c2ccccc2c2cnn(CC(=O)NCCC3=CCCCC3)c(=O)c21. The molecule has 0 atom stereocenters. The van der Waals surface area contributed by atoms with E-state index in [2.05, 4.69) is 40.1 Å². The molecule has 0 unspecified atom stereocenters. The molecule has 0 saturated carbocycles. The van der Waals surface area contributed by atoms with Gasteiger partial charge in [-0.05, 0) is 56.2 Å². The third-order valence-corrected chi connectivity index (χ3v) is 6.81. The van der Waals surface area contributed by atoms with Gasteiger partial charge in [-0.25, -0.2) is 4.68 Å². The van der Waals surface area contributed by atoms with E-state index in [0.717, 1.165) is 41.1 Å². The number of nitrogens with one attached hydrogen (secondary N) is 1. The molecule has 6 heteroatoms. The Kier molecular flexibility index (Phi) is 6.30. The first-order valence-electron chi connectivity index (χ1n) is 12.1. The summed E-state index contributed by atoms with van der Waals surface area (Å²) >= 11 is 0. The Bertz CT molecular complexity index is 1440. The van der Waals surface area contributed by atoms with Gasteiger partial charge in [0.2, 0.25) is 5.91 Å². The van der Waals surface area contributed by atoms with Crippen LogP contribution in [0.25, 0.3) is 21.8 Å². The van der Waals surface area contributed by atoms with Crippen LogP contribution in [0.4, 0.5) is 0 Å². The molecule has 34 heavy (non-hydrogen) atoms. The van der Waals surface area contributed by atoms with Crippen LogP contribution in [0.15, 0.2) is 71.2 Å². The van der Waals surface area contributed by atoms with Crippen molar-refractivity contribution in [2.45, 2.75) is 52.1 Å². The topological polar surface area (TPSA) is 68.9 Å². The minimum Gasteiger partial charge on any atom is -0.354 e. The van der Waals surface area contributed by atoms with Crippen LogP contribution < -0.4 is 10.9 Å². The van der Waals surface area contributed by atoms with Gasteiger partial charge in [-0.15, -0.1) is 0 Å². The van der Waals surface area contributed by atoms with Crippen molar-refractivity contribution in [3.63, 3.8) is 0 Å². The maximum absolute atomic E-state index is 13.5. The number of carbonyl (C=O) groups excluding carboxylic acids is 1. The average Bonchev–Trinajstić information content (AvgIpc) is 3.17. The Morgan fingerprint density at radius 2 is 1.88 bits per heavy atom. The van der Waals surface area contributed by atoms with E-state index in [0.29, 0.717) is 18.6 Å². The molecule has 0 saturated heterocycles. The summed E-state index contributed by atoms with van der Waals surface area (Å²) in [5.41, 5.74) is 5.08. The zero-order valence-electron chi connectivity index (χ0n) is 19.6. The summed E-state index contributed by atoms with van der Waals surface area (Å²) in [6, 6.07) is 16.2. The molecule has 2 aromatic heterocycles. The fraction of sp³-hybridized carbons (Fsp3) is 0.321. The molecule has 1 N–H and O–H groups in total. The van der Waals surface area contributed by atoms with Crippen LogP contribution in [-0.4, -0.2) is 26.8 Å². The average molecular weight is 455 g/mol. The summed E-state index contributed by atoms with van der Waals surface area (Å²) < 4.78 is 3.34. The molecular formula is C28H30N4O2. The Labute approximate surface area is 198 Å². The number of carbonyl (C=O) groups is 1. The fourth-order valence-corrected chi connectivity index (χ4v) is 4.91. The summed E-state index contributed by atoms with van der Waals surface area (Å²) in [6.07, 6.45) is 9.63. The smallest absolute Gasteiger partial charge is 0.291 e. The molecular weight excluding hydrogens is 424 g/mol. The molecule has 0 radical (unpaired) electrons. The lowest BCUT2D eigenvalue weighted by atomic mass is 9.97. The van der Waals surface area contributed by atoms with Crippen molar-refractivity contribution in [1.29, 1.82) is 0 Å². The van der Waals surface area contributed by atoms with Gasteiger partial charge in [-0.1, -0.05) is 54.1 Å². The highest BCUT2D eigenvalue weighted by atomic mass is 16.2. The number of allylic oxidation sites excluding steroid dienone is 1. The van der Waals surface area contributed by atoms with Gasteiger partial charge in [-0.3, -0.25) is 9.59 Å². The monoisotopic (exact) mass is 454 g/mol. The van der Waals surface area contributed by atoms with Crippen LogP contribution in [0.1, 0.15) is 43.2 Å². The molecule has 0 spiro atoms. The van der Waals surface area contributed by atoms with E-state index in [1.54, 1.807) is 6.20 Å². The minimum atomic E-state index is -0.243. The molecule has 0 bridgehead atoms. The molecule has 1 amide bonds. The molecule has 2 heterocycles. The maximum Gasteiger partial charge on any atom is 0.291 e. The van der Waals surface area contributed by atoms with Crippen molar-refractivity contribution in [2.24, 2.45) is 0 Å². The van der Waals surface area contributed by atoms with E-state index in [1.165, 1.54) is 28.7 Å². The summed E-state index contributed by atoms with van der Waals surface area (Å²) in [5.74, 6) is -0.188. The number of amides is 1. The molecule has 0 fully saturated rings. The van der Waals surface area contributed by atoms with Crippen LogP contribution in [0.2, 0.25) is 0 Å². The standard InChI is InChI=1S/C28H30N4O2/c1-20-9-5-6-12-22(20)18-31-25-14-8-7-13-23(25)24-17-30-32(28(34)27(24)31)19-26(33)29-16-15-21-10-3-2-4-11-21/h5-10,12-14,17H,2-4,11,15-16,18-19H2,1H3,(H,29,33). The van der Waals surface area contributed by atoms with E-state index >= 15 is 0 Å². The normalized spacial score (nSPS) is 13.9. The third-order valence-electron chi connectivity index (χ3n) is 6.81. The van der Waals surface area contributed by atoms with Crippen LogP contribution in [0.3, 0.4) is 0 Å². The van der Waals surface area contributed by atoms with Crippen LogP contribution in [0, 0.1) is 6.92 Å². The van der Waals surface area contributed by atoms with Crippen molar-refractivity contribution in [3.8, 4) is 0 Å². The van der Waals surface area contributed by atoms with E-state index in [4.69, 9.17) is 0 Å². The van der Waals surface area contributed by atoms with Crippen molar-refractivity contribution in [2.75, 3.05) is 6.54 Å².